The lowest BCUT2D eigenvalue weighted by Crippen LogP contribution is -2.36. The van der Waals surface area contributed by atoms with Crippen LogP contribution in [0.25, 0.3) is 0 Å². The summed E-state index contributed by atoms with van der Waals surface area (Å²) in [4.78, 5) is 19.3. The monoisotopic (exact) mass is 338 g/mol. The van der Waals surface area contributed by atoms with Crippen LogP contribution in [0.4, 0.5) is 10.6 Å². The molecule has 0 aliphatic carbocycles. The molecular weight excluding hydrogens is 320 g/mol. The van der Waals surface area contributed by atoms with E-state index in [9.17, 15) is 4.79 Å². The molecule has 2 aromatic rings. The molecule has 0 aliphatic rings. The quantitative estimate of drug-likeness (QED) is 0.878. The summed E-state index contributed by atoms with van der Waals surface area (Å²) in [5.74, 6) is 0.848. The van der Waals surface area contributed by atoms with E-state index in [-0.39, 0.29) is 12.1 Å². The molecule has 1 atom stereocenters. The van der Waals surface area contributed by atoms with Crippen molar-refractivity contribution in [1.29, 1.82) is 0 Å². The summed E-state index contributed by atoms with van der Waals surface area (Å²) in [5.41, 5.74) is 0.967. The Bertz CT molecular complexity index is 644. The predicted octanol–water partition coefficient (Wildman–Crippen LogP) is 3.42. The third-order valence-electron chi connectivity index (χ3n) is 3.10. The van der Waals surface area contributed by atoms with Crippen LogP contribution in [0.5, 0.6) is 0 Å². The van der Waals surface area contributed by atoms with E-state index in [1.165, 1.54) is 11.3 Å². The van der Waals surface area contributed by atoms with Crippen LogP contribution in [0.15, 0.2) is 30.5 Å². The Morgan fingerprint density at radius 3 is 2.82 bits per heavy atom. The van der Waals surface area contributed by atoms with E-state index in [1.54, 1.807) is 6.20 Å². The van der Waals surface area contributed by atoms with Crippen molar-refractivity contribution in [1.82, 2.24) is 15.6 Å². The van der Waals surface area contributed by atoms with Crippen molar-refractivity contribution >= 4 is 34.8 Å². The minimum Gasteiger partial charge on any atom is -0.362 e. The largest absolute Gasteiger partial charge is 0.362 e. The maximum Gasteiger partial charge on any atom is 0.315 e. The van der Waals surface area contributed by atoms with Gasteiger partial charge in [0.15, 0.2) is 0 Å². The lowest BCUT2D eigenvalue weighted by atomic mass is 10.2. The second-order valence-electron chi connectivity index (χ2n) is 5.07. The normalized spacial score (nSPS) is 11.8. The van der Waals surface area contributed by atoms with Crippen molar-refractivity contribution < 1.29 is 4.79 Å². The van der Waals surface area contributed by atoms with Gasteiger partial charge < -0.3 is 15.5 Å². The van der Waals surface area contributed by atoms with Gasteiger partial charge in [-0.1, -0.05) is 17.7 Å². The molecule has 2 N–H and O–H groups in total. The molecule has 0 saturated carbocycles. The van der Waals surface area contributed by atoms with Gasteiger partial charge in [-0.15, -0.1) is 11.3 Å². The average molecular weight is 339 g/mol. The molecule has 0 fully saturated rings. The van der Waals surface area contributed by atoms with Crippen molar-refractivity contribution in [3.63, 3.8) is 0 Å². The van der Waals surface area contributed by atoms with E-state index in [2.05, 4.69) is 15.6 Å². The molecule has 2 heterocycles. The first-order chi connectivity index (χ1) is 10.5. The summed E-state index contributed by atoms with van der Waals surface area (Å²) in [6.07, 6.45) is 1.74. The van der Waals surface area contributed by atoms with Gasteiger partial charge in [-0.25, -0.2) is 9.78 Å². The number of nitrogens with one attached hydrogen (secondary N) is 2. The van der Waals surface area contributed by atoms with E-state index >= 15 is 0 Å². The van der Waals surface area contributed by atoms with E-state index < -0.39 is 0 Å². The molecule has 2 aromatic heterocycles. The van der Waals surface area contributed by atoms with Gasteiger partial charge in [-0.3, -0.25) is 0 Å². The smallest absolute Gasteiger partial charge is 0.315 e. The minimum atomic E-state index is -0.217. The Balaban J connectivity index is 1.90. The highest BCUT2D eigenvalue weighted by atomic mass is 35.5. The first kappa shape index (κ1) is 16.6. The minimum absolute atomic E-state index is 0.0836. The van der Waals surface area contributed by atoms with Gasteiger partial charge in [0.1, 0.15) is 5.82 Å². The maximum atomic E-state index is 12.0. The number of amides is 2. The van der Waals surface area contributed by atoms with Gasteiger partial charge in [0.05, 0.1) is 10.4 Å². The van der Waals surface area contributed by atoms with E-state index in [0.29, 0.717) is 6.54 Å². The Labute approximate surface area is 139 Å². The molecule has 7 heteroatoms. The fourth-order valence-corrected chi connectivity index (χ4v) is 3.09. The molecular formula is C15H19ClN4OS. The van der Waals surface area contributed by atoms with Crippen LogP contribution < -0.4 is 15.5 Å². The van der Waals surface area contributed by atoms with Crippen LogP contribution in [0, 0.1) is 0 Å². The third kappa shape index (κ3) is 4.35. The van der Waals surface area contributed by atoms with Gasteiger partial charge in [-0.2, -0.15) is 0 Å². The molecule has 1 unspecified atom stereocenters. The third-order valence-corrected chi connectivity index (χ3v) is 4.51. The summed E-state index contributed by atoms with van der Waals surface area (Å²) >= 11 is 7.37. The first-order valence-corrected chi connectivity index (χ1v) is 8.07. The molecule has 0 radical (unpaired) electrons. The number of hydrogen-bond acceptors (Lipinski definition) is 4. The number of nitrogens with zero attached hydrogens (tertiary/aromatic N) is 2. The standard InChI is InChI=1S/C15H19ClN4OS/c1-10(12-6-7-13(16)22-12)19-15(21)18-9-11-5-4-8-17-14(11)20(2)3/h4-8,10H,9H2,1-3H3,(H2,18,19,21). The zero-order valence-electron chi connectivity index (χ0n) is 12.8. The topological polar surface area (TPSA) is 57.3 Å². The molecule has 0 bridgehead atoms. The van der Waals surface area contributed by atoms with E-state index in [0.717, 1.165) is 20.6 Å². The molecule has 2 amide bonds. The van der Waals surface area contributed by atoms with Crippen LogP contribution in [-0.2, 0) is 6.54 Å². The lowest BCUT2D eigenvalue weighted by molar-refractivity contribution is 0.237. The van der Waals surface area contributed by atoms with Crippen LogP contribution in [-0.4, -0.2) is 25.1 Å². The molecule has 0 aliphatic heterocycles. The number of carbonyl (C=O) groups is 1. The van der Waals surface area contributed by atoms with Crippen LogP contribution >= 0.6 is 22.9 Å². The van der Waals surface area contributed by atoms with Crippen LogP contribution in [0.3, 0.4) is 0 Å². The number of urea groups is 1. The van der Waals surface area contributed by atoms with Crippen molar-refractivity contribution in [2.24, 2.45) is 0 Å². The highest BCUT2D eigenvalue weighted by molar-refractivity contribution is 7.16. The molecule has 0 aromatic carbocycles. The van der Waals surface area contributed by atoms with Crippen molar-refractivity contribution in [3.05, 3.63) is 45.2 Å². The number of thiophene rings is 1. The summed E-state index contributed by atoms with van der Waals surface area (Å²) in [5, 5.41) is 5.75. The fourth-order valence-electron chi connectivity index (χ4n) is 2.03. The van der Waals surface area contributed by atoms with Crippen LogP contribution in [0.1, 0.15) is 23.4 Å². The number of hydrogen-bond donors (Lipinski definition) is 2. The Morgan fingerprint density at radius 2 is 2.18 bits per heavy atom. The van der Waals surface area contributed by atoms with E-state index in [1.807, 2.05) is 50.2 Å². The molecule has 22 heavy (non-hydrogen) atoms. The Hall–Kier alpha value is -1.79. The zero-order chi connectivity index (χ0) is 16.1. The van der Waals surface area contributed by atoms with Gasteiger partial charge in [0, 0.05) is 37.3 Å². The van der Waals surface area contributed by atoms with Gasteiger partial charge in [0.2, 0.25) is 0 Å². The fraction of sp³-hybridized carbons (Fsp3) is 0.333. The highest BCUT2D eigenvalue weighted by Crippen LogP contribution is 2.26. The molecule has 5 nitrogen and oxygen atoms in total. The number of rotatable bonds is 5. The number of halogens is 1. The number of anilines is 1. The SMILES string of the molecule is CC(NC(=O)NCc1cccnc1N(C)C)c1ccc(Cl)s1. The highest BCUT2D eigenvalue weighted by Gasteiger charge is 2.12. The molecule has 0 spiro atoms. The molecule has 118 valence electrons. The van der Waals surface area contributed by atoms with E-state index in [4.69, 9.17) is 11.6 Å². The number of carbonyl (C=O) groups excluding carboxylic acids is 1. The van der Waals surface area contributed by atoms with Crippen molar-refractivity contribution in [3.8, 4) is 0 Å². The average Bonchev–Trinajstić information content (AvgIpc) is 2.92. The zero-order valence-corrected chi connectivity index (χ0v) is 14.3. The predicted molar refractivity (Wildman–Crippen MR) is 91.7 cm³/mol. The first-order valence-electron chi connectivity index (χ1n) is 6.88. The van der Waals surface area contributed by atoms with Gasteiger partial charge in [-0.05, 0) is 25.1 Å². The Kier molecular flexibility index (Phi) is 5.63. The van der Waals surface area contributed by atoms with Crippen molar-refractivity contribution in [2.45, 2.75) is 19.5 Å². The summed E-state index contributed by atoms with van der Waals surface area (Å²) in [7, 11) is 3.85. The Morgan fingerprint density at radius 1 is 1.41 bits per heavy atom. The number of aromatic nitrogens is 1. The van der Waals surface area contributed by atoms with Gasteiger partial charge in [0.25, 0.3) is 0 Å². The van der Waals surface area contributed by atoms with Gasteiger partial charge >= 0.3 is 6.03 Å². The lowest BCUT2D eigenvalue weighted by Gasteiger charge is -2.17. The maximum absolute atomic E-state index is 12.0. The summed E-state index contributed by atoms with van der Waals surface area (Å²) < 4.78 is 0.718. The second kappa shape index (κ2) is 7.47. The van der Waals surface area contributed by atoms with Crippen molar-refractivity contribution in [2.75, 3.05) is 19.0 Å². The number of pyridine rings is 1. The molecule has 0 saturated heterocycles. The molecule has 2 rings (SSSR count). The second-order valence-corrected chi connectivity index (χ2v) is 6.82. The van der Waals surface area contributed by atoms with Crippen LogP contribution in [0.2, 0.25) is 4.34 Å². The summed E-state index contributed by atoms with van der Waals surface area (Å²) in [6.45, 7) is 2.35. The summed E-state index contributed by atoms with van der Waals surface area (Å²) in [6, 6.07) is 7.26.